The highest BCUT2D eigenvalue weighted by Gasteiger charge is 2.24. The molecule has 1 aliphatic carbocycles. The summed E-state index contributed by atoms with van der Waals surface area (Å²) in [6.07, 6.45) is 4.79. The Kier molecular flexibility index (Phi) is 2.43. The van der Waals surface area contributed by atoms with Crippen LogP contribution in [0.1, 0.15) is 42.0 Å². The van der Waals surface area contributed by atoms with E-state index in [9.17, 15) is 0 Å². The second kappa shape index (κ2) is 3.93. The Morgan fingerprint density at radius 2 is 2.25 bits per heavy atom. The van der Waals surface area contributed by atoms with E-state index in [1.165, 1.54) is 36.2 Å². The van der Waals surface area contributed by atoms with Crippen molar-refractivity contribution in [3.8, 4) is 0 Å². The van der Waals surface area contributed by atoms with Crippen molar-refractivity contribution in [2.45, 2.75) is 38.6 Å². The highest BCUT2D eigenvalue weighted by atomic mass is 15.0. The summed E-state index contributed by atoms with van der Waals surface area (Å²) >= 11 is 0. The van der Waals surface area contributed by atoms with Crippen LogP contribution in [0.15, 0.2) is 23.2 Å². The van der Waals surface area contributed by atoms with Crippen LogP contribution >= 0.6 is 0 Å². The SMILES string of the molecule is Cc1cccc2c1CC[C@@H]2NC1=NCCC1. The molecule has 16 heavy (non-hydrogen) atoms. The Bertz CT molecular complexity index is 434. The number of amidine groups is 1. The topological polar surface area (TPSA) is 24.4 Å². The van der Waals surface area contributed by atoms with Crippen molar-refractivity contribution in [1.29, 1.82) is 0 Å². The third kappa shape index (κ3) is 1.62. The lowest BCUT2D eigenvalue weighted by Gasteiger charge is -2.15. The van der Waals surface area contributed by atoms with Gasteiger partial charge in [-0.3, -0.25) is 4.99 Å². The monoisotopic (exact) mass is 214 g/mol. The summed E-state index contributed by atoms with van der Waals surface area (Å²) in [7, 11) is 0. The summed E-state index contributed by atoms with van der Waals surface area (Å²) in [5.74, 6) is 1.22. The average molecular weight is 214 g/mol. The average Bonchev–Trinajstić information content (AvgIpc) is 2.90. The van der Waals surface area contributed by atoms with E-state index < -0.39 is 0 Å². The maximum absolute atomic E-state index is 4.50. The molecule has 0 saturated carbocycles. The number of fused-ring (bicyclic) bond motifs is 1. The van der Waals surface area contributed by atoms with Crippen LogP contribution in [-0.2, 0) is 6.42 Å². The Balaban J connectivity index is 1.83. The summed E-state index contributed by atoms with van der Waals surface area (Å²) in [6.45, 7) is 3.23. The van der Waals surface area contributed by atoms with E-state index in [4.69, 9.17) is 0 Å². The molecule has 1 heterocycles. The second-order valence-corrected chi connectivity index (χ2v) is 4.81. The van der Waals surface area contributed by atoms with Crippen molar-refractivity contribution in [1.82, 2.24) is 5.32 Å². The molecule has 0 amide bonds. The van der Waals surface area contributed by atoms with Gasteiger partial charge < -0.3 is 5.32 Å². The maximum atomic E-state index is 4.50. The minimum atomic E-state index is 0.506. The van der Waals surface area contributed by atoms with E-state index in [1.807, 2.05) is 0 Å². The molecule has 1 aromatic carbocycles. The third-order valence-corrected chi connectivity index (χ3v) is 3.72. The molecule has 1 aromatic rings. The molecular weight excluding hydrogens is 196 g/mol. The zero-order chi connectivity index (χ0) is 11.0. The minimum Gasteiger partial charge on any atom is -0.367 e. The van der Waals surface area contributed by atoms with E-state index in [-0.39, 0.29) is 0 Å². The van der Waals surface area contributed by atoms with Crippen LogP contribution < -0.4 is 5.32 Å². The van der Waals surface area contributed by atoms with Crippen molar-refractivity contribution in [2.75, 3.05) is 6.54 Å². The highest BCUT2D eigenvalue weighted by Crippen LogP contribution is 2.33. The van der Waals surface area contributed by atoms with Gasteiger partial charge in [-0.2, -0.15) is 0 Å². The molecular formula is C14H18N2. The van der Waals surface area contributed by atoms with Gasteiger partial charge in [0.2, 0.25) is 0 Å². The number of aliphatic imine (C=N–C) groups is 1. The summed E-state index contributed by atoms with van der Waals surface area (Å²) < 4.78 is 0. The number of nitrogens with zero attached hydrogens (tertiary/aromatic N) is 1. The van der Waals surface area contributed by atoms with Gasteiger partial charge in [0.1, 0.15) is 0 Å². The van der Waals surface area contributed by atoms with Crippen molar-refractivity contribution in [3.05, 3.63) is 34.9 Å². The van der Waals surface area contributed by atoms with Crippen LogP contribution in [0.5, 0.6) is 0 Å². The molecule has 0 spiro atoms. The largest absolute Gasteiger partial charge is 0.367 e. The number of hydrogen-bond acceptors (Lipinski definition) is 2. The summed E-state index contributed by atoms with van der Waals surface area (Å²) in [4.78, 5) is 4.50. The zero-order valence-corrected chi connectivity index (χ0v) is 9.79. The van der Waals surface area contributed by atoms with Crippen LogP contribution in [0.2, 0.25) is 0 Å². The van der Waals surface area contributed by atoms with Crippen molar-refractivity contribution >= 4 is 5.84 Å². The lowest BCUT2D eigenvalue weighted by Crippen LogP contribution is -2.25. The van der Waals surface area contributed by atoms with Crippen LogP contribution in [-0.4, -0.2) is 12.4 Å². The standard InChI is InChI=1S/C14H18N2/c1-10-4-2-5-12-11(10)7-8-13(12)16-14-6-3-9-15-14/h2,4-5,13H,3,6-9H2,1H3,(H,15,16)/t13-/m0/s1. The van der Waals surface area contributed by atoms with Gasteiger partial charge in [0.05, 0.1) is 11.9 Å². The van der Waals surface area contributed by atoms with E-state index >= 15 is 0 Å². The van der Waals surface area contributed by atoms with Crippen molar-refractivity contribution < 1.29 is 0 Å². The summed E-state index contributed by atoms with van der Waals surface area (Å²) in [5, 5.41) is 3.61. The number of nitrogens with one attached hydrogen (secondary N) is 1. The fourth-order valence-electron chi connectivity index (χ4n) is 2.85. The molecule has 2 heteroatoms. The number of aryl methyl sites for hydroxylation is 1. The molecule has 0 bridgehead atoms. The Morgan fingerprint density at radius 3 is 3.06 bits per heavy atom. The first-order chi connectivity index (χ1) is 7.84. The molecule has 2 nitrogen and oxygen atoms in total. The van der Waals surface area contributed by atoms with Crippen molar-refractivity contribution in [2.24, 2.45) is 4.99 Å². The van der Waals surface area contributed by atoms with Crippen molar-refractivity contribution in [3.63, 3.8) is 0 Å². The molecule has 0 unspecified atom stereocenters. The van der Waals surface area contributed by atoms with Crippen LogP contribution in [0.25, 0.3) is 0 Å². The lowest BCUT2D eigenvalue weighted by molar-refractivity contribution is 0.635. The smallest absolute Gasteiger partial charge is 0.0968 e. The first-order valence-electron chi connectivity index (χ1n) is 6.23. The molecule has 0 fully saturated rings. The van der Waals surface area contributed by atoms with E-state index in [0.29, 0.717) is 6.04 Å². The summed E-state index contributed by atoms with van der Waals surface area (Å²) in [6, 6.07) is 7.16. The van der Waals surface area contributed by atoms with E-state index in [2.05, 4.69) is 35.4 Å². The van der Waals surface area contributed by atoms with Gasteiger partial charge in [-0.1, -0.05) is 18.2 Å². The molecule has 2 aliphatic rings. The van der Waals surface area contributed by atoms with Crippen LogP contribution in [0.4, 0.5) is 0 Å². The van der Waals surface area contributed by atoms with E-state index in [0.717, 1.165) is 13.0 Å². The summed E-state index contributed by atoms with van der Waals surface area (Å²) in [5.41, 5.74) is 4.49. The zero-order valence-electron chi connectivity index (χ0n) is 9.79. The molecule has 0 radical (unpaired) electrons. The predicted octanol–water partition coefficient (Wildman–Crippen LogP) is 2.76. The molecule has 3 rings (SSSR count). The molecule has 0 saturated heterocycles. The number of benzene rings is 1. The van der Waals surface area contributed by atoms with Crippen LogP contribution in [0.3, 0.4) is 0 Å². The van der Waals surface area contributed by atoms with Gasteiger partial charge in [-0.15, -0.1) is 0 Å². The Hall–Kier alpha value is -1.31. The van der Waals surface area contributed by atoms with Gasteiger partial charge in [-0.05, 0) is 42.9 Å². The Morgan fingerprint density at radius 1 is 1.31 bits per heavy atom. The van der Waals surface area contributed by atoms with Gasteiger partial charge in [0.15, 0.2) is 0 Å². The van der Waals surface area contributed by atoms with Gasteiger partial charge in [0.25, 0.3) is 0 Å². The number of rotatable bonds is 1. The minimum absolute atomic E-state index is 0.506. The predicted molar refractivity (Wildman–Crippen MR) is 66.9 cm³/mol. The lowest BCUT2D eigenvalue weighted by atomic mass is 10.0. The number of hydrogen-bond donors (Lipinski definition) is 1. The molecule has 1 aliphatic heterocycles. The van der Waals surface area contributed by atoms with Gasteiger partial charge in [-0.25, -0.2) is 0 Å². The van der Waals surface area contributed by atoms with Crippen LogP contribution in [0, 0.1) is 6.92 Å². The molecule has 1 N–H and O–H groups in total. The van der Waals surface area contributed by atoms with E-state index in [1.54, 1.807) is 5.56 Å². The second-order valence-electron chi connectivity index (χ2n) is 4.81. The fraction of sp³-hybridized carbons (Fsp3) is 0.500. The first kappa shape index (κ1) is 9.88. The molecule has 0 aromatic heterocycles. The first-order valence-corrected chi connectivity index (χ1v) is 6.23. The molecule has 1 atom stereocenters. The fourth-order valence-corrected chi connectivity index (χ4v) is 2.85. The van der Waals surface area contributed by atoms with Gasteiger partial charge >= 0.3 is 0 Å². The third-order valence-electron chi connectivity index (χ3n) is 3.72. The Labute approximate surface area is 96.8 Å². The van der Waals surface area contributed by atoms with Gasteiger partial charge in [0, 0.05) is 13.0 Å². The maximum Gasteiger partial charge on any atom is 0.0968 e. The highest BCUT2D eigenvalue weighted by molar-refractivity contribution is 5.84. The normalized spacial score (nSPS) is 23.1. The quantitative estimate of drug-likeness (QED) is 0.763. The molecule has 84 valence electrons.